The number of carbonyl (C=O) groups is 2. The Labute approximate surface area is 227 Å². The molecular formula is C30H33NO8. The molecule has 1 aliphatic rings. The van der Waals surface area contributed by atoms with Gasteiger partial charge < -0.3 is 34.1 Å². The molecule has 3 aromatic rings. The smallest absolute Gasteiger partial charge is 0.333 e. The number of rotatable bonds is 14. The topological polar surface area (TPSA) is 113 Å². The standard InChI is InChI=1S/C30H33NO8/c1-3-35-25-11-8-22(14-23(25)13-21-7-12-26-27(16-21)39-19-38-26)17-31-29(32)18-37-24-9-5-20(6-10-24)15-28(30(33)34)36-4-2/h5-12,14,16,28H,3-4,13,15,17-19H2,1-2H3,(H,31,32)(H,33,34)/t28-/m0/s1. The molecule has 3 aromatic carbocycles. The van der Waals surface area contributed by atoms with Crippen molar-refractivity contribution in [2.45, 2.75) is 39.3 Å². The summed E-state index contributed by atoms with van der Waals surface area (Å²) in [6, 6.07) is 18.7. The number of fused-ring (bicyclic) bond motifs is 1. The second kappa shape index (κ2) is 13.5. The van der Waals surface area contributed by atoms with E-state index in [1.165, 1.54) is 0 Å². The number of ether oxygens (including phenoxy) is 5. The van der Waals surface area contributed by atoms with Crippen molar-refractivity contribution >= 4 is 11.9 Å². The molecule has 0 bridgehead atoms. The number of carboxylic acids is 1. The molecule has 2 N–H and O–H groups in total. The molecule has 0 saturated heterocycles. The number of hydrogen-bond acceptors (Lipinski definition) is 7. The Morgan fingerprint density at radius 3 is 2.38 bits per heavy atom. The van der Waals surface area contributed by atoms with Crippen molar-refractivity contribution in [2.24, 2.45) is 0 Å². The molecule has 1 aliphatic heterocycles. The van der Waals surface area contributed by atoms with Crippen molar-refractivity contribution in [2.75, 3.05) is 26.6 Å². The zero-order chi connectivity index (χ0) is 27.6. The molecule has 39 heavy (non-hydrogen) atoms. The van der Waals surface area contributed by atoms with Crippen LogP contribution in [0.5, 0.6) is 23.0 Å². The molecule has 206 valence electrons. The average molecular weight is 536 g/mol. The summed E-state index contributed by atoms with van der Waals surface area (Å²) in [6.45, 7) is 5.01. The van der Waals surface area contributed by atoms with Crippen LogP contribution in [0.4, 0.5) is 0 Å². The van der Waals surface area contributed by atoms with Crippen molar-refractivity contribution in [1.29, 1.82) is 0 Å². The number of benzene rings is 3. The van der Waals surface area contributed by atoms with Crippen LogP contribution in [0.15, 0.2) is 60.7 Å². The van der Waals surface area contributed by atoms with E-state index in [2.05, 4.69) is 5.32 Å². The maximum Gasteiger partial charge on any atom is 0.333 e. The molecule has 1 atom stereocenters. The minimum atomic E-state index is -0.999. The summed E-state index contributed by atoms with van der Waals surface area (Å²) in [5, 5.41) is 12.1. The highest BCUT2D eigenvalue weighted by Gasteiger charge is 2.18. The highest BCUT2D eigenvalue weighted by molar-refractivity contribution is 5.77. The van der Waals surface area contributed by atoms with Crippen LogP contribution in [-0.2, 0) is 33.7 Å². The first-order valence-electron chi connectivity index (χ1n) is 12.9. The Bertz CT molecular complexity index is 1270. The SMILES string of the molecule is CCOc1ccc(CNC(=O)COc2ccc(C[C@H](OCC)C(=O)O)cc2)cc1Cc1ccc2c(c1)OCO2. The van der Waals surface area contributed by atoms with Gasteiger partial charge in [0.25, 0.3) is 5.91 Å². The Morgan fingerprint density at radius 2 is 1.64 bits per heavy atom. The molecule has 0 saturated carbocycles. The lowest BCUT2D eigenvalue weighted by Gasteiger charge is -2.14. The highest BCUT2D eigenvalue weighted by Crippen LogP contribution is 2.34. The van der Waals surface area contributed by atoms with Gasteiger partial charge in [-0.2, -0.15) is 0 Å². The number of aliphatic carboxylic acids is 1. The number of carboxylic acid groups (broad SMARTS) is 1. The summed E-state index contributed by atoms with van der Waals surface area (Å²) in [7, 11) is 0. The molecule has 0 fully saturated rings. The first-order valence-corrected chi connectivity index (χ1v) is 12.9. The zero-order valence-electron chi connectivity index (χ0n) is 22.1. The Kier molecular flexibility index (Phi) is 9.64. The van der Waals surface area contributed by atoms with Gasteiger partial charge in [-0.3, -0.25) is 4.79 Å². The van der Waals surface area contributed by atoms with Gasteiger partial charge in [-0.1, -0.05) is 30.3 Å². The molecule has 0 aliphatic carbocycles. The van der Waals surface area contributed by atoms with Crippen LogP contribution in [-0.4, -0.2) is 49.7 Å². The zero-order valence-corrected chi connectivity index (χ0v) is 22.1. The molecule has 9 nitrogen and oxygen atoms in total. The predicted molar refractivity (Wildman–Crippen MR) is 144 cm³/mol. The minimum absolute atomic E-state index is 0.142. The fourth-order valence-electron chi connectivity index (χ4n) is 4.20. The third kappa shape index (κ3) is 7.87. The lowest BCUT2D eigenvalue weighted by atomic mass is 10.0. The van der Waals surface area contributed by atoms with E-state index in [1.807, 2.05) is 43.3 Å². The van der Waals surface area contributed by atoms with Crippen LogP contribution in [0.2, 0.25) is 0 Å². The fraction of sp³-hybridized carbons (Fsp3) is 0.333. The van der Waals surface area contributed by atoms with E-state index >= 15 is 0 Å². The Hall–Kier alpha value is -4.24. The molecule has 0 unspecified atom stereocenters. The van der Waals surface area contributed by atoms with Crippen molar-refractivity contribution < 1.29 is 38.4 Å². The first-order chi connectivity index (χ1) is 18.9. The maximum absolute atomic E-state index is 12.4. The van der Waals surface area contributed by atoms with E-state index in [1.54, 1.807) is 31.2 Å². The van der Waals surface area contributed by atoms with Crippen LogP contribution in [0.3, 0.4) is 0 Å². The van der Waals surface area contributed by atoms with Crippen LogP contribution >= 0.6 is 0 Å². The lowest BCUT2D eigenvalue weighted by Crippen LogP contribution is -2.28. The van der Waals surface area contributed by atoms with Crippen molar-refractivity contribution in [1.82, 2.24) is 5.32 Å². The van der Waals surface area contributed by atoms with Gasteiger partial charge in [-0.15, -0.1) is 0 Å². The largest absolute Gasteiger partial charge is 0.494 e. The number of amides is 1. The van der Waals surface area contributed by atoms with E-state index in [4.69, 9.17) is 23.7 Å². The number of nitrogens with one attached hydrogen (secondary N) is 1. The predicted octanol–water partition coefficient (Wildman–Crippen LogP) is 4.13. The molecule has 0 aromatic heterocycles. The maximum atomic E-state index is 12.4. The summed E-state index contributed by atoms with van der Waals surface area (Å²) in [5.74, 6) is 1.54. The summed E-state index contributed by atoms with van der Waals surface area (Å²) < 4.78 is 27.6. The molecule has 1 amide bonds. The van der Waals surface area contributed by atoms with E-state index < -0.39 is 12.1 Å². The van der Waals surface area contributed by atoms with E-state index in [0.29, 0.717) is 31.9 Å². The quantitative estimate of drug-likeness (QED) is 0.317. The fourth-order valence-corrected chi connectivity index (χ4v) is 4.20. The third-order valence-corrected chi connectivity index (χ3v) is 6.10. The van der Waals surface area contributed by atoms with Gasteiger partial charge in [0.1, 0.15) is 11.5 Å². The van der Waals surface area contributed by atoms with Gasteiger partial charge >= 0.3 is 5.97 Å². The molecule has 9 heteroatoms. The second-order valence-corrected chi connectivity index (χ2v) is 8.94. The molecule has 0 radical (unpaired) electrons. The first kappa shape index (κ1) is 27.8. The summed E-state index contributed by atoms with van der Waals surface area (Å²) in [6.07, 6.45) is 0.000492. The van der Waals surface area contributed by atoms with Crippen molar-refractivity contribution in [3.63, 3.8) is 0 Å². The van der Waals surface area contributed by atoms with Gasteiger partial charge in [0, 0.05) is 26.0 Å². The monoisotopic (exact) mass is 535 g/mol. The average Bonchev–Trinajstić information content (AvgIpc) is 3.40. The Balaban J connectivity index is 1.30. The van der Waals surface area contributed by atoms with Crippen LogP contribution in [0, 0.1) is 0 Å². The minimum Gasteiger partial charge on any atom is -0.494 e. The van der Waals surface area contributed by atoms with E-state index in [9.17, 15) is 14.7 Å². The lowest BCUT2D eigenvalue weighted by molar-refractivity contribution is -0.150. The number of carbonyl (C=O) groups excluding carboxylic acids is 1. The van der Waals surface area contributed by atoms with Gasteiger partial charge in [0.05, 0.1) is 6.61 Å². The van der Waals surface area contributed by atoms with Crippen molar-refractivity contribution in [3.8, 4) is 23.0 Å². The van der Waals surface area contributed by atoms with Gasteiger partial charge in [-0.05, 0) is 66.4 Å². The summed E-state index contributed by atoms with van der Waals surface area (Å²) in [5.41, 5.74) is 3.82. The molecule has 4 rings (SSSR count). The van der Waals surface area contributed by atoms with Gasteiger partial charge in [0.15, 0.2) is 24.2 Å². The van der Waals surface area contributed by atoms with Crippen LogP contribution in [0.25, 0.3) is 0 Å². The number of hydrogen-bond donors (Lipinski definition) is 2. The van der Waals surface area contributed by atoms with Crippen LogP contribution in [0.1, 0.15) is 36.1 Å². The molecule has 0 spiro atoms. The normalized spacial score (nSPS) is 12.6. The Morgan fingerprint density at radius 1 is 0.897 bits per heavy atom. The van der Waals surface area contributed by atoms with E-state index in [0.717, 1.165) is 39.5 Å². The van der Waals surface area contributed by atoms with Crippen LogP contribution < -0.4 is 24.3 Å². The third-order valence-electron chi connectivity index (χ3n) is 6.10. The summed E-state index contributed by atoms with van der Waals surface area (Å²) in [4.78, 5) is 23.7. The van der Waals surface area contributed by atoms with Gasteiger partial charge in [0.2, 0.25) is 6.79 Å². The highest BCUT2D eigenvalue weighted by atomic mass is 16.7. The molecular weight excluding hydrogens is 502 g/mol. The van der Waals surface area contributed by atoms with Gasteiger partial charge in [-0.25, -0.2) is 4.79 Å². The molecule has 1 heterocycles. The second-order valence-electron chi connectivity index (χ2n) is 8.94. The van der Waals surface area contributed by atoms with Crippen molar-refractivity contribution in [3.05, 3.63) is 82.9 Å². The van der Waals surface area contributed by atoms with E-state index in [-0.39, 0.29) is 25.7 Å². The summed E-state index contributed by atoms with van der Waals surface area (Å²) >= 11 is 0.